The minimum atomic E-state index is -1.45. The number of carbonyl (C=O) groups excluding carboxylic acids is 1. The van der Waals surface area contributed by atoms with Crippen molar-refractivity contribution >= 4 is 28.5 Å². The Hall–Kier alpha value is -3.09. The first-order chi connectivity index (χ1) is 9.97. The fourth-order valence-electron chi connectivity index (χ4n) is 2.16. The van der Waals surface area contributed by atoms with Crippen molar-refractivity contribution in [3.63, 3.8) is 0 Å². The Bertz CT molecular complexity index is 780. The third-order valence-corrected chi connectivity index (χ3v) is 2.99. The first kappa shape index (κ1) is 14.3. The van der Waals surface area contributed by atoms with Crippen LogP contribution in [0.25, 0.3) is 10.8 Å². The molecule has 0 amide bonds. The molecule has 0 fully saturated rings. The molecule has 2 aromatic carbocycles. The highest BCUT2D eigenvalue weighted by atomic mass is 16.4. The number of nitroso groups, excluding NO2 is 1. The van der Waals surface area contributed by atoms with Crippen LogP contribution in [0.5, 0.6) is 0 Å². The highest BCUT2D eigenvalue weighted by molar-refractivity contribution is 6.19. The molecule has 7 nitrogen and oxygen atoms in total. The predicted octanol–water partition coefficient (Wildman–Crippen LogP) is 2.19. The van der Waals surface area contributed by atoms with Crippen LogP contribution in [-0.2, 0) is 0 Å². The van der Waals surface area contributed by atoms with E-state index in [1.54, 1.807) is 12.1 Å². The second kappa shape index (κ2) is 5.49. The maximum absolute atomic E-state index is 12.0. The van der Waals surface area contributed by atoms with Crippen LogP contribution >= 0.6 is 0 Å². The van der Waals surface area contributed by atoms with Crippen molar-refractivity contribution in [2.24, 2.45) is 5.18 Å². The van der Waals surface area contributed by atoms with E-state index in [9.17, 15) is 29.5 Å². The average Bonchev–Trinajstić information content (AvgIpc) is 2.45. The molecule has 2 N–H and O–H groups in total. The molecule has 21 heavy (non-hydrogen) atoms. The minimum absolute atomic E-state index is 0.170. The van der Waals surface area contributed by atoms with Crippen LogP contribution in [0.15, 0.2) is 35.5 Å². The molecule has 0 aromatic heterocycles. The summed E-state index contributed by atoms with van der Waals surface area (Å²) >= 11 is 0. The Labute approximate surface area is 117 Å². The third-order valence-electron chi connectivity index (χ3n) is 2.99. The normalized spacial score (nSPS) is 10.3. The van der Waals surface area contributed by atoms with Crippen LogP contribution in [0.3, 0.4) is 0 Å². The van der Waals surface area contributed by atoms with Gasteiger partial charge in [-0.25, -0.2) is 9.59 Å². The number of carboxylic acid groups (broad SMARTS) is 2. The maximum atomic E-state index is 12.0. The molecule has 0 heterocycles. The Kier molecular flexibility index (Phi) is 3.75. The number of nitrogens with zero attached hydrogens (tertiary/aromatic N) is 1. The fourth-order valence-corrected chi connectivity index (χ4v) is 2.16. The molecule has 2 rings (SSSR count). The number of rotatable bonds is 5. The fraction of sp³-hybridized carbons (Fsp3) is 0.0714. The number of hydrogen-bond donors (Lipinski definition) is 2. The summed E-state index contributed by atoms with van der Waals surface area (Å²) in [6.45, 7) is -0.712. The molecule has 7 heteroatoms. The monoisotopic (exact) mass is 287 g/mol. The second-order valence-corrected chi connectivity index (χ2v) is 4.21. The predicted molar refractivity (Wildman–Crippen MR) is 72.9 cm³/mol. The summed E-state index contributed by atoms with van der Waals surface area (Å²) in [7, 11) is 0. The van der Waals surface area contributed by atoms with E-state index in [0.29, 0.717) is 0 Å². The van der Waals surface area contributed by atoms with Crippen LogP contribution in [0.2, 0.25) is 0 Å². The second-order valence-electron chi connectivity index (χ2n) is 4.21. The largest absolute Gasteiger partial charge is 0.478 e. The van der Waals surface area contributed by atoms with Gasteiger partial charge in [0.2, 0.25) is 0 Å². The van der Waals surface area contributed by atoms with Gasteiger partial charge in [-0.2, -0.15) is 4.91 Å². The van der Waals surface area contributed by atoms with Crippen LogP contribution in [0, 0.1) is 4.91 Å². The summed E-state index contributed by atoms with van der Waals surface area (Å²) < 4.78 is 0. The maximum Gasteiger partial charge on any atom is 0.336 e. The van der Waals surface area contributed by atoms with Crippen molar-refractivity contribution in [3.8, 4) is 0 Å². The van der Waals surface area contributed by atoms with Gasteiger partial charge in [-0.1, -0.05) is 29.4 Å². The van der Waals surface area contributed by atoms with E-state index in [4.69, 9.17) is 0 Å². The number of Topliss-reactive ketones (excluding diaryl/α,β-unsaturated/α-hetero) is 1. The first-order valence-electron chi connectivity index (χ1n) is 5.82. The molecule has 0 atom stereocenters. The molecule has 0 radical (unpaired) electrons. The number of fused-ring (bicyclic) bond motifs is 1. The summed E-state index contributed by atoms with van der Waals surface area (Å²) in [5.41, 5.74) is -0.888. The van der Waals surface area contributed by atoms with Gasteiger partial charge >= 0.3 is 11.9 Å². The van der Waals surface area contributed by atoms with Gasteiger partial charge in [-0.15, -0.1) is 0 Å². The number of hydrogen-bond acceptors (Lipinski definition) is 5. The number of aromatic carboxylic acids is 2. The summed E-state index contributed by atoms with van der Waals surface area (Å²) in [4.78, 5) is 44.8. The van der Waals surface area contributed by atoms with Crippen LogP contribution < -0.4 is 0 Å². The molecule has 0 aliphatic rings. The molecular formula is C14H9NO6. The van der Waals surface area contributed by atoms with Gasteiger partial charge < -0.3 is 10.2 Å². The molecule has 0 unspecified atom stereocenters. The van der Waals surface area contributed by atoms with Crippen molar-refractivity contribution in [2.75, 3.05) is 6.54 Å². The Morgan fingerprint density at radius 3 is 2.05 bits per heavy atom. The van der Waals surface area contributed by atoms with E-state index < -0.39 is 29.8 Å². The average molecular weight is 287 g/mol. The van der Waals surface area contributed by atoms with Gasteiger partial charge in [0.15, 0.2) is 5.78 Å². The van der Waals surface area contributed by atoms with Crippen molar-refractivity contribution in [2.45, 2.75) is 0 Å². The van der Waals surface area contributed by atoms with E-state index in [2.05, 4.69) is 5.18 Å². The molecule has 0 saturated heterocycles. The molecule has 0 aliphatic heterocycles. The highest BCUT2D eigenvalue weighted by Gasteiger charge is 2.23. The summed E-state index contributed by atoms with van der Waals surface area (Å²) in [5.74, 6) is -3.52. The van der Waals surface area contributed by atoms with Crippen molar-refractivity contribution in [1.29, 1.82) is 0 Å². The number of carboxylic acids is 2. The number of benzene rings is 2. The molecule has 106 valence electrons. The minimum Gasteiger partial charge on any atom is -0.478 e. The van der Waals surface area contributed by atoms with E-state index in [1.807, 2.05) is 0 Å². The lowest BCUT2D eigenvalue weighted by atomic mass is 9.92. The lowest BCUT2D eigenvalue weighted by Crippen LogP contribution is -2.14. The molecule has 0 saturated carbocycles. The zero-order valence-electron chi connectivity index (χ0n) is 10.6. The Morgan fingerprint density at radius 2 is 1.52 bits per heavy atom. The molecule has 2 aromatic rings. The summed E-state index contributed by atoms with van der Waals surface area (Å²) in [5, 5.41) is 21.2. The molecule has 0 bridgehead atoms. The van der Waals surface area contributed by atoms with Gasteiger partial charge in [0, 0.05) is 5.56 Å². The quantitative estimate of drug-likeness (QED) is 0.642. The molecule has 0 aliphatic carbocycles. The van der Waals surface area contributed by atoms with Crippen molar-refractivity contribution in [3.05, 3.63) is 51.9 Å². The molecular weight excluding hydrogens is 278 g/mol. The lowest BCUT2D eigenvalue weighted by Gasteiger charge is -2.11. The van der Waals surface area contributed by atoms with E-state index in [0.717, 1.165) is 6.07 Å². The van der Waals surface area contributed by atoms with Gasteiger partial charge in [0.25, 0.3) is 0 Å². The van der Waals surface area contributed by atoms with Gasteiger partial charge in [0.05, 0.1) is 11.1 Å². The SMILES string of the molecule is O=NCC(=O)c1c(C(=O)O)cc(C(=O)O)c2ccccc12. The number of carbonyl (C=O) groups is 3. The Balaban J connectivity index is 2.94. The van der Waals surface area contributed by atoms with Crippen LogP contribution in [0.4, 0.5) is 0 Å². The zero-order valence-corrected chi connectivity index (χ0v) is 10.6. The van der Waals surface area contributed by atoms with Crippen LogP contribution in [-0.4, -0.2) is 34.5 Å². The molecule has 0 spiro atoms. The van der Waals surface area contributed by atoms with E-state index in [-0.39, 0.29) is 21.9 Å². The van der Waals surface area contributed by atoms with E-state index >= 15 is 0 Å². The number of ketones is 1. The standard InChI is InChI=1S/C14H9NO6/c16-11(6-15-21)12-8-4-2-1-3-7(8)9(13(17)18)5-10(12)14(19)20/h1-5H,6H2,(H,17,18)(H,19,20). The smallest absolute Gasteiger partial charge is 0.336 e. The Morgan fingerprint density at radius 1 is 0.952 bits per heavy atom. The zero-order chi connectivity index (χ0) is 15.6. The highest BCUT2D eigenvalue weighted by Crippen LogP contribution is 2.27. The third kappa shape index (κ3) is 2.48. The summed E-state index contributed by atoms with van der Waals surface area (Å²) in [6.07, 6.45) is 0. The van der Waals surface area contributed by atoms with Crippen molar-refractivity contribution < 1.29 is 24.6 Å². The van der Waals surface area contributed by atoms with Gasteiger partial charge in [-0.05, 0) is 16.8 Å². The van der Waals surface area contributed by atoms with Gasteiger partial charge in [0.1, 0.15) is 6.54 Å². The van der Waals surface area contributed by atoms with Crippen LogP contribution in [0.1, 0.15) is 31.1 Å². The van der Waals surface area contributed by atoms with E-state index in [1.165, 1.54) is 12.1 Å². The van der Waals surface area contributed by atoms with Gasteiger partial charge in [-0.3, -0.25) is 4.79 Å². The summed E-state index contributed by atoms with van der Waals surface area (Å²) in [6, 6.07) is 6.94. The first-order valence-corrected chi connectivity index (χ1v) is 5.82. The van der Waals surface area contributed by atoms with Crippen molar-refractivity contribution in [1.82, 2.24) is 0 Å². The topological polar surface area (TPSA) is 121 Å². The lowest BCUT2D eigenvalue weighted by molar-refractivity contribution is 0.0692.